The fraction of sp³-hybridized carbons (Fsp3) is 0.846. The maximum atomic E-state index is 11.6. The molecule has 2 unspecified atom stereocenters. The molecule has 1 rings (SSSR count). The average molecular weight is 256 g/mol. The molecule has 1 aliphatic carbocycles. The standard InChI is InChI=1S/C13H24N2O3/c1-9(5-4-6-11(16)17)15-12(18)14-8-10-7-13(10,2)3/h9-10H,4-8H2,1-3H3,(H,16,17)(H2,14,15,18). The second-order valence-corrected chi connectivity index (χ2v) is 5.93. The zero-order valence-electron chi connectivity index (χ0n) is 11.5. The van der Waals surface area contributed by atoms with Crippen molar-refractivity contribution in [3.05, 3.63) is 0 Å². The Kier molecular flexibility index (Phi) is 4.99. The molecule has 5 nitrogen and oxygen atoms in total. The van der Waals surface area contributed by atoms with Gasteiger partial charge in [0.15, 0.2) is 0 Å². The highest BCUT2D eigenvalue weighted by Crippen LogP contribution is 2.50. The predicted octanol–water partition coefficient (Wildman–Crippen LogP) is 1.98. The van der Waals surface area contributed by atoms with Crippen molar-refractivity contribution < 1.29 is 14.7 Å². The van der Waals surface area contributed by atoms with Gasteiger partial charge in [0.05, 0.1) is 0 Å². The van der Waals surface area contributed by atoms with Crippen LogP contribution in [-0.2, 0) is 4.79 Å². The summed E-state index contributed by atoms with van der Waals surface area (Å²) in [6, 6.07) is -0.142. The molecule has 0 radical (unpaired) electrons. The van der Waals surface area contributed by atoms with E-state index in [1.165, 1.54) is 6.42 Å². The first kappa shape index (κ1) is 14.8. The van der Waals surface area contributed by atoms with E-state index in [1.54, 1.807) is 0 Å². The van der Waals surface area contributed by atoms with Gasteiger partial charge in [0, 0.05) is 19.0 Å². The molecule has 2 atom stereocenters. The minimum atomic E-state index is -0.789. The van der Waals surface area contributed by atoms with Gasteiger partial charge in [-0.05, 0) is 37.5 Å². The van der Waals surface area contributed by atoms with Crippen molar-refractivity contribution in [2.45, 2.75) is 52.5 Å². The van der Waals surface area contributed by atoms with Crippen LogP contribution in [0.1, 0.15) is 46.5 Å². The smallest absolute Gasteiger partial charge is 0.315 e. The molecule has 1 saturated carbocycles. The lowest BCUT2D eigenvalue weighted by Crippen LogP contribution is -2.41. The molecule has 0 saturated heterocycles. The second kappa shape index (κ2) is 6.07. The summed E-state index contributed by atoms with van der Waals surface area (Å²) < 4.78 is 0. The van der Waals surface area contributed by atoms with Gasteiger partial charge in [-0.1, -0.05) is 13.8 Å². The molecule has 0 bridgehead atoms. The van der Waals surface area contributed by atoms with Crippen molar-refractivity contribution in [3.8, 4) is 0 Å². The Morgan fingerprint density at radius 3 is 2.56 bits per heavy atom. The van der Waals surface area contributed by atoms with Gasteiger partial charge >= 0.3 is 12.0 Å². The highest BCUT2D eigenvalue weighted by molar-refractivity contribution is 5.74. The molecule has 2 amide bonds. The molecule has 0 heterocycles. The number of aliphatic carboxylic acids is 1. The third kappa shape index (κ3) is 5.38. The van der Waals surface area contributed by atoms with Crippen molar-refractivity contribution in [2.24, 2.45) is 11.3 Å². The third-order valence-corrected chi connectivity index (χ3v) is 3.63. The van der Waals surface area contributed by atoms with E-state index in [9.17, 15) is 9.59 Å². The first-order chi connectivity index (χ1) is 8.31. The monoisotopic (exact) mass is 256 g/mol. The molecule has 3 N–H and O–H groups in total. The molecule has 1 fully saturated rings. The van der Waals surface area contributed by atoms with E-state index in [1.807, 2.05) is 6.92 Å². The topological polar surface area (TPSA) is 78.4 Å². The Labute approximate surface area is 108 Å². The predicted molar refractivity (Wildman–Crippen MR) is 69.4 cm³/mol. The number of urea groups is 1. The van der Waals surface area contributed by atoms with Gasteiger partial charge in [-0.2, -0.15) is 0 Å². The second-order valence-electron chi connectivity index (χ2n) is 5.93. The summed E-state index contributed by atoms with van der Waals surface area (Å²) >= 11 is 0. The molecular weight excluding hydrogens is 232 g/mol. The number of hydrogen-bond acceptors (Lipinski definition) is 2. The fourth-order valence-electron chi connectivity index (χ4n) is 2.05. The number of carboxylic acids is 1. The van der Waals surface area contributed by atoms with Gasteiger partial charge < -0.3 is 15.7 Å². The Bertz CT molecular complexity index is 315. The maximum absolute atomic E-state index is 11.6. The molecule has 5 heteroatoms. The zero-order chi connectivity index (χ0) is 13.8. The molecule has 0 aliphatic heterocycles. The summed E-state index contributed by atoms with van der Waals surface area (Å²) in [7, 11) is 0. The number of hydrogen-bond donors (Lipinski definition) is 3. The lowest BCUT2D eigenvalue weighted by atomic mass is 10.1. The Morgan fingerprint density at radius 1 is 1.44 bits per heavy atom. The lowest BCUT2D eigenvalue weighted by Gasteiger charge is -2.14. The van der Waals surface area contributed by atoms with Gasteiger partial charge in [0.1, 0.15) is 0 Å². The van der Waals surface area contributed by atoms with E-state index in [-0.39, 0.29) is 18.5 Å². The molecule has 0 aromatic carbocycles. The largest absolute Gasteiger partial charge is 0.481 e. The number of carbonyl (C=O) groups is 2. The van der Waals surface area contributed by atoms with Crippen LogP contribution in [0.2, 0.25) is 0 Å². The minimum absolute atomic E-state index is 0.0107. The highest BCUT2D eigenvalue weighted by Gasteiger charge is 2.45. The zero-order valence-corrected chi connectivity index (χ0v) is 11.5. The van der Waals surface area contributed by atoms with E-state index in [0.717, 1.165) is 6.54 Å². The Morgan fingerprint density at radius 2 is 2.06 bits per heavy atom. The molecular formula is C13H24N2O3. The van der Waals surface area contributed by atoms with Crippen molar-refractivity contribution in [1.29, 1.82) is 0 Å². The highest BCUT2D eigenvalue weighted by atomic mass is 16.4. The van der Waals surface area contributed by atoms with Gasteiger partial charge in [-0.15, -0.1) is 0 Å². The number of nitrogens with one attached hydrogen (secondary N) is 2. The number of carbonyl (C=O) groups excluding carboxylic acids is 1. The number of carboxylic acid groups (broad SMARTS) is 1. The fourth-order valence-corrected chi connectivity index (χ4v) is 2.05. The van der Waals surface area contributed by atoms with E-state index in [4.69, 9.17) is 5.11 Å². The molecule has 0 spiro atoms. The Balaban J connectivity index is 2.06. The van der Waals surface area contributed by atoms with Crippen molar-refractivity contribution in [3.63, 3.8) is 0 Å². The summed E-state index contributed by atoms with van der Waals surface area (Å²) in [6.07, 6.45) is 2.60. The normalized spacial score (nSPS) is 22.1. The van der Waals surface area contributed by atoms with E-state index in [2.05, 4.69) is 24.5 Å². The molecule has 0 aromatic rings. The summed E-state index contributed by atoms with van der Waals surface area (Å²) in [5, 5.41) is 14.2. The quantitative estimate of drug-likeness (QED) is 0.651. The van der Waals surface area contributed by atoms with Crippen LogP contribution >= 0.6 is 0 Å². The molecule has 0 aromatic heterocycles. The summed E-state index contributed by atoms with van der Waals surface area (Å²) in [4.78, 5) is 21.9. The van der Waals surface area contributed by atoms with Gasteiger partial charge in [0.2, 0.25) is 0 Å². The third-order valence-electron chi connectivity index (χ3n) is 3.63. The average Bonchev–Trinajstić information content (AvgIpc) is 2.83. The van der Waals surface area contributed by atoms with E-state index >= 15 is 0 Å². The van der Waals surface area contributed by atoms with Crippen LogP contribution in [0.4, 0.5) is 4.79 Å². The Hall–Kier alpha value is -1.26. The van der Waals surface area contributed by atoms with E-state index in [0.29, 0.717) is 24.2 Å². The van der Waals surface area contributed by atoms with Crippen molar-refractivity contribution in [2.75, 3.05) is 6.54 Å². The molecule has 18 heavy (non-hydrogen) atoms. The summed E-state index contributed by atoms with van der Waals surface area (Å²) in [5.41, 5.74) is 0.375. The van der Waals surface area contributed by atoms with Crippen LogP contribution in [0, 0.1) is 11.3 Å². The van der Waals surface area contributed by atoms with Gasteiger partial charge in [-0.3, -0.25) is 4.79 Å². The lowest BCUT2D eigenvalue weighted by molar-refractivity contribution is -0.137. The maximum Gasteiger partial charge on any atom is 0.315 e. The molecule has 104 valence electrons. The summed E-state index contributed by atoms with van der Waals surface area (Å²) in [6.45, 7) is 7.01. The SMILES string of the molecule is CC(CCCC(=O)O)NC(=O)NCC1CC1(C)C. The van der Waals surface area contributed by atoms with E-state index < -0.39 is 5.97 Å². The van der Waals surface area contributed by atoms with Crippen LogP contribution in [0.25, 0.3) is 0 Å². The first-order valence-corrected chi connectivity index (χ1v) is 6.57. The van der Waals surface area contributed by atoms with Crippen LogP contribution < -0.4 is 10.6 Å². The van der Waals surface area contributed by atoms with Crippen LogP contribution in [0.5, 0.6) is 0 Å². The molecule has 1 aliphatic rings. The van der Waals surface area contributed by atoms with Gasteiger partial charge in [-0.25, -0.2) is 4.79 Å². The van der Waals surface area contributed by atoms with Crippen molar-refractivity contribution in [1.82, 2.24) is 10.6 Å². The van der Waals surface area contributed by atoms with Gasteiger partial charge in [0.25, 0.3) is 0 Å². The summed E-state index contributed by atoms with van der Waals surface area (Å²) in [5.74, 6) is -0.201. The van der Waals surface area contributed by atoms with Crippen LogP contribution in [-0.4, -0.2) is 29.7 Å². The number of amides is 2. The first-order valence-electron chi connectivity index (χ1n) is 6.57. The van der Waals surface area contributed by atoms with Crippen molar-refractivity contribution >= 4 is 12.0 Å². The van der Waals surface area contributed by atoms with Crippen LogP contribution in [0.3, 0.4) is 0 Å². The van der Waals surface area contributed by atoms with Crippen LogP contribution in [0.15, 0.2) is 0 Å². The minimum Gasteiger partial charge on any atom is -0.481 e. The number of rotatable bonds is 7.